The van der Waals surface area contributed by atoms with Crippen LogP contribution >= 0.6 is 0 Å². The SMILES string of the molecule is COc1cnc2cc(CO)oc2c1. The molecular formula is C9H9NO3. The third kappa shape index (κ3) is 1.36. The number of hydrogen-bond donors (Lipinski definition) is 1. The number of pyridine rings is 1. The van der Waals surface area contributed by atoms with E-state index in [0.717, 1.165) is 5.52 Å². The van der Waals surface area contributed by atoms with Crippen molar-refractivity contribution >= 4 is 11.1 Å². The van der Waals surface area contributed by atoms with E-state index in [1.54, 1.807) is 25.4 Å². The largest absolute Gasteiger partial charge is 0.495 e. The Morgan fingerprint density at radius 3 is 3.08 bits per heavy atom. The van der Waals surface area contributed by atoms with E-state index >= 15 is 0 Å². The van der Waals surface area contributed by atoms with Gasteiger partial charge < -0.3 is 14.3 Å². The molecule has 0 amide bonds. The minimum Gasteiger partial charge on any atom is -0.495 e. The summed E-state index contributed by atoms with van der Waals surface area (Å²) >= 11 is 0. The van der Waals surface area contributed by atoms with Crippen LogP contribution in [0.15, 0.2) is 22.7 Å². The number of rotatable bonds is 2. The van der Waals surface area contributed by atoms with Crippen LogP contribution in [-0.4, -0.2) is 17.2 Å². The first kappa shape index (κ1) is 8.07. The fraction of sp³-hybridized carbons (Fsp3) is 0.222. The summed E-state index contributed by atoms with van der Waals surface area (Å²) in [6.45, 7) is -0.112. The minimum absolute atomic E-state index is 0.112. The second-order valence-corrected chi connectivity index (χ2v) is 2.63. The lowest BCUT2D eigenvalue weighted by atomic mass is 10.3. The maximum atomic E-state index is 8.81. The zero-order valence-electron chi connectivity index (χ0n) is 7.15. The van der Waals surface area contributed by atoms with Crippen LogP contribution in [-0.2, 0) is 6.61 Å². The molecule has 2 aromatic heterocycles. The van der Waals surface area contributed by atoms with Gasteiger partial charge >= 0.3 is 0 Å². The molecule has 0 spiro atoms. The predicted octanol–water partition coefficient (Wildman–Crippen LogP) is 1.33. The van der Waals surface area contributed by atoms with Crippen LogP contribution in [0.3, 0.4) is 0 Å². The predicted molar refractivity (Wildman–Crippen MR) is 46.5 cm³/mol. The van der Waals surface area contributed by atoms with Gasteiger partial charge in [-0.15, -0.1) is 0 Å². The fourth-order valence-electron chi connectivity index (χ4n) is 1.14. The van der Waals surface area contributed by atoms with E-state index in [1.807, 2.05) is 0 Å². The van der Waals surface area contributed by atoms with Crippen molar-refractivity contribution < 1.29 is 14.3 Å². The number of aliphatic hydroxyl groups is 1. The summed E-state index contributed by atoms with van der Waals surface area (Å²) in [5.41, 5.74) is 1.35. The summed E-state index contributed by atoms with van der Waals surface area (Å²) in [4.78, 5) is 4.09. The molecule has 4 nitrogen and oxygen atoms in total. The van der Waals surface area contributed by atoms with Gasteiger partial charge in [-0.2, -0.15) is 0 Å². The van der Waals surface area contributed by atoms with Crippen molar-refractivity contribution in [1.29, 1.82) is 0 Å². The van der Waals surface area contributed by atoms with E-state index < -0.39 is 0 Å². The highest BCUT2D eigenvalue weighted by atomic mass is 16.5. The molecule has 2 rings (SSSR count). The number of ether oxygens (including phenoxy) is 1. The van der Waals surface area contributed by atoms with Crippen molar-refractivity contribution in [2.45, 2.75) is 6.61 Å². The van der Waals surface area contributed by atoms with Crippen molar-refractivity contribution in [2.24, 2.45) is 0 Å². The molecule has 2 aromatic rings. The Labute approximate surface area is 74.8 Å². The zero-order valence-corrected chi connectivity index (χ0v) is 7.15. The van der Waals surface area contributed by atoms with Gasteiger partial charge in [0, 0.05) is 12.1 Å². The normalized spacial score (nSPS) is 10.6. The molecule has 0 aliphatic heterocycles. The van der Waals surface area contributed by atoms with Gasteiger partial charge in [0.2, 0.25) is 0 Å². The maximum absolute atomic E-state index is 8.81. The summed E-state index contributed by atoms with van der Waals surface area (Å²) in [5, 5.41) is 8.81. The van der Waals surface area contributed by atoms with Crippen LogP contribution < -0.4 is 4.74 Å². The van der Waals surface area contributed by atoms with Crippen molar-refractivity contribution in [2.75, 3.05) is 7.11 Å². The zero-order chi connectivity index (χ0) is 9.26. The van der Waals surface area contributed by atoms with Gasteiger partial charge in [0.25, 0.3) is 0 Å². The molecule has 4 heteroatoms. The monoisotopic (exact) mass is 179 g/mol. The number of fused-ring (bicyclic) bond motifs is 1. The van der Waals surface area contributed by atoms with E-state index in [9.17, 15) is 0 Å². The molecular weight excluding hydrogens is 170 g/mol. The highest BCUT2D eigenvalue weighted by Gasteiger charge is 2.04. The highest BCUT2D eigenvalue weighted by molar-refractivity contribution is 5.74. The summed E-state index contributed by atoms with van der Waals surface area (Å²) in [6.07, 6.45) is 1.61. The molecule has 0 saturated carbocycles. The average molecular weight is 179 g/mol. The van der Waals surface area contributed by atoms with E-state index in [-0.39, 0.29) is 6.61 Å². The molecule has 68 valence electrons. The van der Waals surface area contributed by atoms with Crippen molar-refractivity contribution in [1.82, 2.24) is 4.98 Å². The standard InChI is InChI=1S/C9H9NO3/c1-12-6-3-9-8(10-4-6)2-7(5-11)13-9/h2-4,11H,5H2,1H3. The van der Waals surface area contributed by atoms with Crippen LogP contribution in [0, 0.1) is 0 Å². The number of hydrogen-bond acceptors (Lipinski definition) is 4. The molecule has 0 unspecified atom stereocenters. The van der Waals surface area contributed by atoms with Gasteiger partial charge in [0.05, 0.1) is 13.3 Å². The molecule has 0 aliphatic rings. The lowest BCUT2D eigenvalue weighted by Gasteiger charge is -1.95. The van der Waals surface area contributed by atoms with Crippen LogP contribution in [0.2, 0.25) is 0 Å². The molecule has 0 bridgehead atoms. The summed E-state index contributed by atoms with van der Waals surface area (Å²) < 4.78 is 10.2. The van der Waals surface area contributed by atoms with Gasteiger partial charge in [-0.05, 0) is 0 Å². The van der Waals surface area contributed by atoms with E-state index in [2.05, 4.69) is 4.98 Å². The van der Waals surface area contributed by atoms with Gasteiger partial charge in [-0.1, -0.05) is 0 Å². The second-order valence-electron chi connectivity index (χ2n) is 2.63. The van der Waals surface area contributed by atoms with Crippen molar-refractivity contribution in [3.05, 3.63) is 24.1 Å². The van der Waals surface area contributed by atoms with Crippen molar-refractivity contribution in [3.63, 3.8) is 0 Å². The van der Waals surface area contributed by atoms with Gasteiger partial charge in [0.15, 0.2) is 5.58 Å². The number of nitrogens with zero attached hydrogens (tertiary/aromatic N) is 1. The molecule has 13 heavy (non-hydrogen) atoms. The quantitative estimate of drug-likeness (QED) is 0.755. The topological polar surface area (TPSA) is 55.5 Å². The molecule has 0 atom stereocenters. The lowest BCUT2D eigenvalue weighted by Crippen LogP contribution is -1.82. The first-order chi connectivity index (χ1) is 6.33. The Hall–Kier alpha value is -1.55. The Kier molecular flexibility index (Phi) is 1.90. The maximum Gasteiger partial charge on any atom is 0.156 e. The van der Waals surface area contributed by atoms with Crippen LogP contribution in [0.25, 0.3) is 11.1 Å². The van der Waals surface area contributed by atoms with Crippen LogP contribution in [0.1, 0.15) is 5.76 Å². The lowest BCUT2D eigenvalue weighted by molar-refractivity contribution is 0.251. The first-order valence-corrected chi connectivity index (χ1v) is 3.87. The number of furan rings is 1. The van der Waals surface area contributed by atoms with Gasteiger partial charge in [0.1, 0.15) is 23.6 Å². The third-order valence-electron chi connectivity index (χ3n) is 1.79. The second kappa shape index (κ2) is 3.06. The smallest absolute Gasteiger partial charge is 0.156 e. The van der Waals surface area contributed by atoms with Crippen molar-refractivity contribution in [3.8, 4) is 5.75 Å². The summed E-state index contributed by atoms with van der Waals surface area (Å²) in [7, 11) is 1.57. The Balaban J connectivity index is 2.57. The molecule has 0 aliphatic carbocycles. The molecule has 2 heterocycles. The van der Waals surface area contributed by atoms with E-state index in [1.165, 1.54) is 0 Å². The van der Waals surface area contributed by atoms with E-state index in [4.69, 9.17) is 14.3 Å². The summed E-state index contributed by atoms with van der Waals surface area (Å²) in [5.74, 6) is 1.15. The average Bonchev–Trinajstić information content (AvgIpc) is 2.58. The van der Waals surface area contributed by atoms with Crippen LogP contribution in [0.5, 0.6) is 5.75 Å². The summed E-state index contributed by atoms with van der Waals surface area (Å²) in [6, 6.07) is 3.44. The molecule has 1 N–H and O–H groups in total. The minimum atomic E-state index is -0.112. The molecule has 0 fully saturated rings. The third-order valence-corrected chi connectivity index (χ3v) is 1.79. The Morgan fingerprint density at radius 1 is 1.54 bits per heavy atom. The Bertz CT molecular complexity index is 420. The molecule has 0 radical (unpaired) electrons. The van der Waals surface area contributed by atoms with Crippen LogP contribution in [0.4, 0.5) is 0 Å². The number of aliphatic hydroxyl groups excluding tert-OH is 1. The molecule has 0 saturated heterocycles. The van der Waals surface area contributed by atoms with Gasteiger partial charge in [-0.3, -0.25) is 0 Å². The highest BCUT2D eigenvalue weighted by Crippen LogP contribution is 2.21. The molecule has 0 aromatic carbocycles. The number of methoxy groups -OCH3 is 1. The number of aromatic nitrogens is 1. The van der Waals surface area contributed by atoms with Gasteiger partial charge in [-0.25, -0.2) is 4.98 Å². The Morgan fingerprint density at radius 2 is 2.38 bits per heavy atom. The fourth-order valence-corrected chi connectivity index (χ4v) is 1.14. The first-order valence-electron chi connectivity index (χ1n) is 3.87. The van der Waals surface area contributed by atoms with E-state index in [0.29, 0.717) is 17.1 Å².